The third-order valence-electron chi connectivity index (χ3n) is 5.20. The lowest BCUT2D eigenvalue weighted by Gasteiger charge is -2.33. The van der Waals surface area contributed by atoms with Crippen LogP contribution in [0, 0.1) is 5.92 Å². The maximum Gasteiger partial charge on any atom is 0.276 e. The van der Waals surface area contributed by atoms with Crippen molar-refractivity contribution < 1.29 is 4.79 Å². The zero-order chi connectivity index (χ0) is 17.6. The SMILES string of the molecule is CC1(C2CCCC2)NC(=O)c2c(Cl)cc(Nc3ccncn3)c(=O)n21. The number of rotatable bonds is 3. The number of nitrogens with one attached hydrogen (secondary N) is 2. The molecule has 1 unspecified atom stereocenters. The Morgan fingerprint density at radius 1 is 1.36 bits per heavy atom. The summed E-state index contributed by atoms with van der Waals surface area (Å²) in [5.41, 5.74) is -0.527. The fourth-order valence-corrected chi connectivity index (χ4v) is 4.23. The van der Waals surface area contributed by atoms with Gasteiger partial charge in [-0.3, -0.25) is 14.2 Å². The minimum atomic E-state index is -0.757. The van der Waals surface area contributed by atoms with E-state index in [0.29, 0.717) is 5.82 Å². The monoisotopic (exact) mass is 359 g/mol. The second-order valence-corrected chi connectivity index (χ2v) is 7.10. The van der Waals surface area contributed by atoms with Gasteiger partial charge in [-0.25, -0.2) is 9.97 Å². The van der Waals surface area contributed by atoms with Crippen molar-refractivity contribution in [3.8, 4) is 0 Å². The number of hydrogen-bond donors (Lipinski definition) is 2. The molecule has 3 heterocycles. The van der Waals surface area contributed by atoms with Crippen molar-refractivity contribution in [2.45, 2.75) is 38.3 Å². The normalized spacial score (nSPS) is 22.7. The molecule has 2 aliphatic rings. The zero-order valence-electron chi connectivity index (χ0n) is 13.8. The number of aromatic nitrogens is 3. The average Bonchev–Trinajstić information content (AvgIpc) is 3.21. The number of pyridine rings is 1. The highest BCUT2D eigenvalue weighted by Gasteiger charge is 2.47. The third kappa shape index (κ3) is 2.50. The molecule has 7 nitrogen and oxygen atoms in total. The summed E-state index contributed by atoms with van der Waals surface area (Å²) < 4.78 is 1.52. The predicted octanol–water partition coefficient (Wildman–Crippen LogP) is 2.64. The van der Waals surface area contributed by atoms with Crippen molar-refractivity contribution in [3.63, 3.8) is 0 Å². The largest absolute Gasteiger partial charge is 0.336 e. The molecule has 1 aliphatic carbocycles. The van der Waals surface area contributed by atoms with Crippen LogP contribution < -0.4 is 16.2 Å². The summed E-state index contributed by atoms with van der Waals surface area (Å²) in [5.74, 6) is 0.398. The molecule has 1 saturated carbocycles. The van der Waals surface area contributed by atoms with Crippen LogP contribution in [0.25, 0.3) is 0 Å². The van der Waals surface area contributed by atoms with Crippen molar-refractivity contribution in [1.82, 2.24) is 19.9 Å². The van der Waals surface area contributed by atoms with E-state index in [1.54, 1.807) is 12.3 Å². The molecular formula is C17H18ClN5O2. The fourth-order valence-electron chi connectivity index (χ4n) is 3.95. The fraction of sp³-hybridized carbons (Fsp3) is 0.412. The molecule has 1 amide bonds. The molecule has 2 aromatic rings. The Labute approximate surface area is 149 Å². The van der Waals surface area contributed by atoms with Gasteiger partial charge in [0.05, 0.1) is 5.02 Å². The van der Waals surface area contributed by atoms with Crippen molar-refractivity contribution in [3.05, 3.63) is 45.7 Å². The van der Waals surface area contributed by atoms with Gasteiger partial charge in [0.25, 0.3) is 11.5 Å². The van der Waals surface area contributed by atoms with Gasteiger partial charge in [-0.2, -0.15) is 0 Å². The molecule has 4 rings (SSSR count). The number of carbonyl (C=O) groups is 1. The molecule has 1 atom stereocenters. The first-order chi connectivity index (χ1) is 12.0. The summed E-state index contributed by atoms with van der Waals surface area (Å²) in [6.07, 6.45) is 7.13. The Morgan fingerprint density at radius 3 is 2.80 bits per heavy atom. The minimum Gasteiger partial charge on any atom is -0.336 e. The van der Waals surface area contributed by atoms with E-state index in [9.17, 15) is 9.59 Å². The van der Waals surface area contributed by atoms with E-state index in [1.165, 1.54) is 17.0 Å². The maximum atomic E-state index is 13.1. The molecular weight excluding hydrogens is 342 g/mol. The molecule has 25 heavy (non-hydrogen) atoms. The van der Waals surface area contributed by atoms with Crippen molar-refractivity contribution in [2.75, 3.05) is 5.32 Å². The number of fused-ring (bicyclic) bond motifs is 1. The van der Waals surface area contributed by atoms with Gasteiger partial charge < -0.3 is 10.6 Å². The molecule has 0 aromatic carbocycles. The summed E-state index contributed by atoms with van der Waals surface area (Å²) in [4.78, 5) is 33.6. The van der Waals surface area contributed by atoms with Crippen LogP contribution in [0.2, 0.25) is 5.02 Å². The smallest absolute Gasteiger partial charge is 0.276 e. The highest BCUT2D eigenvalue weighted by Crippen LogP contribution is 2.41. The minimum absolute atomic E-state index is 0.209. The number of anilines is 2. The van der Waals surface area contributed by atoms with Crippen LogP contribution in [0.4, 0.5) is 11.5 Å². The Hall–Kier alpha value is -2.41. The highest BCUT2D eigenvalue weighted by molar-refractivity contribution is 6.34. The Morgan fingerprint density at radius 2 is 2.12 bits per heavy atom. The van der Waals surface area contributed by atoms with E-state index in [1.807, 2.05) is 6.92 Å². The quantitative estimate of drug-likeness (QED) is 0.879. The lowest BCUT2D eigenvalue weighted by Crippen LogP contribution is -2.50. The van der Waals surface area contributed by atoms with E-state index in [-0.39, 0.29) is 33.8 Å². The Balaban J connectivity index is 1.85. The zero-order valence-corrected chi connectivity index (χ0v) is 14.5. The van der Waals surface area contributed by atoms with Gasteiger partial charge in [-0.15, -0.1) is 0 Å². The first kappa shape index (κ1) is 16.1. The average molecular weight is 360 g/mol. The van der Waals surface area contributed by atoms with Crippen LogP contribution in [0.3, 0.4) is 0 Å². The van der Waals surface area contributed by atoms with Gasteiger partial charge in [-0.1, -0.05) is 24.4 Å². The van der Waals surface area contributed by atoms with Gasteiger partial charge in [0, 0.05) is 12.1 Å². The second-order valence-electron chi connectivity index (χ2n) is 6.70. The standard InChI is InChI=1S/C17H18ClN5O2/c1-17(10-4-2-3-5-10)22-15(24)14-11(18)8-12(16(25)23(14)17)21-13-6-7-19-9-20-13/h6-10H,2-5H2,1H3,(H,22,24)(H,19,20,21). The molecule has 0 spiro atoms. The van der Waals surface area contributed by atoms with E-state index < -0.39 is 5.66 Å². The first-order valence-electron chi connectivity index (χ1n) is 8.32. The summed E-state index contributed by atoms with van der Waals surface area (Å²) in [7, 11) is 0. The van der Waals surface area contributed by atoms with E-state index >= 15 is 0 Å². The number of amides is 1. The van der Waals surface area contributed by atoms with E-state index in [4.69, 9.17) is 11.6 Å². The lowest BCUT2D eigenvalue weighted by molar-refractivity contribution is 0.0874. The van der Waals surface area contributed by atoms with E-state index in [0.717, 1.165) is 25.7 Å². The van der Waals surface area contributed by atoms with Gasteiger partial charge in [0.1, 0.15) is 29.2 Å². The van der Waals surface area contributed by atoms with Crippen molar-refractivity contribution >= 4 is 29.0 Å². The van der Waals surface area contributed by atoms with E-state index in [2.05, 4.69) is 20.6 Å². The molecule has 0 saturated heterocycles. The highest BCUT2D eigenvalue weighted by atomic mass is 35.5. The van der Waals surface area contributed by atoms with Gasteiger partial charge in [0.15, 0.2) is 0 Å². The van der Waals surface area contributed by atoms with Crippen molar-refractivity contribution in [2.24, 2.45) is 5.92 Å². The predicted molar refractivity (Wildman–Crippen MR) is 94.1 cm³/mol. The molecule has 1 aliphatic heterocycles. The number of hydrogen-bond acceptors (Lipinski definition) is 5. The molecule has 1 fully saturated rings. The van der Waals surface area contributed by atoms with Crippen LogP contribution in [0.5, 0.6) is 0 Å². The number of halogens is 1. The van der Waals surface area contributed by atoms with Crippen LogP contribution in [0.15, 0.2) is 29.5 Å². The third-order valence-corrected chi connectivity index (χ3v) is 5.48. The molecule has 2 N–H and O–H groups in total. The van der Waals surface area contributed by atoms with Crippen molar-refractivity contribution in [1.29, 1.82) is 0 Å². The number of nitrogens with zero attached hydrogens (tertiary/aromatic N) is 3. The molecule has 0 bridgehead atoms. The van der Waals surface area contributed by atoms with Crippen LogP contribution in [0.1, 0.15) is 43.1 Å². The molecule has 2 aromatic heterocycles. The summed E-state index contributed by atoms with van der Waals surface area (Å²) in [5, 5.41) is 6.22. The lowest BCUT2D eigenvalue weighted by atomic mass is 9.92. The summed E-state index contributed by atoms with van der Waals surface area (Å²) in [6.45, 7) is 1.91. The Bertz CT molecular complexity index is 892. The number of carbonyl (C=O) groups excluding carboxylic acids is 1. The second kappa shape index (κ2) is 5.84. The molecule has 8 heteroatoms. The van der Waals surface area contributed by atoms with Crippen LogP contribution >= 0.6 is 11.6 Å². The van der Waals surface area contributed by atoms with Crippen LogP contribution in [-0.4, -0.2) is 20.4 Å². The topological polar surface area (TPSA) is 88.9 Å². The van der Waals surface area contributed by atoms with Gasteiger partial charge >= 0.3 is 0 Å². The summed E-state index contributed by atoms with van der Waals surface area (Å²) >= 11 is 6.35. The first-order valence-corrected chi connectivity index (χ1v) is 8.70. The molecule has 0 radical (unpaired) electrons. The van der Waals surface area contributed by atoms with Crippen LogP contribution in [-0.2, 0) is 5.66 Å². The summed E-state index contributed by atoms with van der Waals surface area (Å²) in [6, 6.07) is 3.14. The maximum absolute atomic E-state index is 13.1. The van der Waals surface area contributed by atoms with Gasteiger partial charge in [-0.05, 0) is 31.9 Å². The molecule has 130 valence electrons. The Kier molecular flexibility index (Phi) is 3.76. The van der Waals surface area contributed by atoms with Gasteiger partial charge in [0.2, 0.25) is 0 Å².